The minimum atomic E-state index is -0.326. The number of aromatic nitrogens is 2. The summed E-state index contributed by atoms with van der Waals surface area (Å²) < 4.78 is 7.17. The monoisotopic (exact) mass is 454 g/mol. The Morgan fingerprint density at radius 1 is 0.971 bits per heavy atom. The standard InChI is InChI=1S/C27H26N4O3/c1-18-9-11-21(12-10-18)26-23(17-31(30-26)16-20-7-5-4-6-8-20)27(33)29-24-15-22(28-19(2)32)13-14-25(24)34-3/h4-15,17H,16H2,1-3H3,(H,28,32)(H,29,33). The molecule has 7 heteroatoms. The molecule has 0 aliphatic heterocycles. The third-order valence-electron chi connectivity index (χ3n) is 5.29. The summed E-state index contributed by atoms with van der Waals surface area (Å²) in [6, 6.07) is 22.9. The fourth-order valence-electron chi connectivity index (χ4n) is 3.64. The van der Waals surface area contributed by atoms with E-state index in [9.17, 15) is 9.59 Å². The molecular weight excluding hydrogens is 428 g/mol. The molecule has 0 aliphatic rings. The molecule has 0 radical (unpaired) electrons. The van der Waals surface area contributed by atoms with Crippen LogP contribution in [-0.4, -0.2) is 28.7 Å². The fourth-order valence-corrected chi connectivity index (χ4v) is 3.64. The molecule has 7 nitrogen and oxygen atoms in total. The second kappa shape index (κ2) is 10.0. The van der Waals surface area contributed by atoms with Gasteiger partial charge in [-0.3, -0.25) is 14.3 Å². The molecule has 0 saturated carbocycles. The van der Waals surface area contributed by atoms with Crippen LogP contribution in [0.3, 0.4) is 0 Å². The lowest BCUT2D eigenvalue weighted by Gasteiger charge is -2.12. The molecule has 34 heavy (non-hydrogen) atoms. The number of amides is 2. The van der Waals surface area contributed by atoms with Crippen molar-refractivity contribution in [3.8, 4) is 17.0 Å². The summed E-state index contributed by atoms with van der Waals surface area (Å²) in [6.45, 7) is 3.98. The molecule has 3 aromatic carbocycles. The summed E-state index contributed by atoms with van der Waals surface area (Å²) in [6.07, 6.45) is 1.75. The van der Waals surface area contributed by atoms with E-state index in [0.717, 1.165) is 16.7 Å². The molecule has 0 unspecified atom stereocenters. The molecule has 0 bridgehead atoms. The maximum Gasteiger partial charge on any atom is 0.259 e. The summed E-state index contributed by atoms with van der Waals surface area (Å²) in [5.41, 5.74) is 5.08. The summed E-state index contributed by atoms with van der Waals surface area (Å²) in [4.78, 5) is 24.9. The summed E-state index contributed by atoms with van der Waals surface area (Å²) in [7, 11) is 1.53. The van der Waals surface area contributed by atoms with E-state index in [1.54, 1.807) is 29.1 Å². The largest absolute Gasteiger partial charge is 0.495 e. The molecule has 0 aliphatic carbocycles. The number of benzene rings is 3. The molecule has 0 fully saturated rings. The van der Waals surface area contributed by atoms with E-state index in [4.69, 9.17) is 9.84 Å². The van der Waals surface area contributed by atoms with Crippen molar-refractivity contribution in [2.24, 2.45) is 0 Å². The Hall–Kier alpha value is -4.39. The number of rotatable bonds is 7. The van der Waals surface area contributed by atoms with Crippen LogP contribution in [0.2, 0.25) is 0 Å². The van der Waals surface area contributed by atoms with Crippen molar-refractivity contribution in [2.45, 2.75) is 20.4 Å². The molecular formula is C27H26N4O3. The highest BCUT2D eigenvalue weighted by molar-refractivity contribution is 6.09. The first-order chi connectivity index (χ1) is 16.4. The van der Waals surface area contributed by atoms with Gasteiger partial charge in [-0.2, -0.15) is 5.10 Å². The van der Waals surface area contributed by atoms with Crippen LogP contribution in [-0.2, 0) is 11.3 Å². The number of anilines is 2. The number of ether oxygens (including phenoxy) is 1. The van der Waals surface area contributed by atoms with Gasteiger partial charge in [0.05, 0.1) is 24.9 Å². The first-order valence-electron chi connectivity index (χ1n) is 10.9. The average molecular weight is 455 g/mol. The van der Waals surface area contributed by atoms with Crippen molar-refractivity contribution < 1.29 is 14.3 Å². The third-order valence-corrected chi connectivity index (χ3v) is 5.29. The van der Waals surface area contributed by atoms with E-state index < -0.39 is 0 Å². The van der Waals surface area contributed by atoms with Gasteiger partial charge in [0.25, 0.3) is 5.91 Å². The number of nitrogens with zero attached hydrogens (tertiary/aromatic N) is 2. The highest BCUT2D eigenvalue weighted by atomic mass is 16.5. The minimum absolute atomic E-state index is 0.203. The Kier molecular flexibility index (Phi) is 6.73. The lowest BCUT2D eigenvalue weighted by atomic mass is 10.1. The zero-order valence-electron chi connectivity index (χ0n) is 19.3. The number of methoxy groups -OCH3 is 1. The molecule has 2 amide bonds. The lowest BCUT2D eigenvalue weighted by molar-refractivity contribution is -0.114. The van der Waals surface area contributed by atoms with Gasteiger partial charge in [-0.25, -0.2) is 0 Å². The Morgan fingerprint density at radius 3 is 2.38 bits per heavy atom. The van der Waals surface area contributed by atoms with Crippen molar-refractivity contribution in [3.05, 3.63) is 95.7 Å². The van der Waals surface area contributed by atoms with Gasteiger partial charge in [0.1, 0.15) is 11.4 Å². The van der Waals surface area contributed by atoms with E-state index in [-0.39, 0.29) is 11.8 Å². The van der Waals surface area contributed by atoms with E-state index in [1.165, 1.54) is 14.0 Å². The van der Waals surface area contributed by atoms with Gasteiger partial charge in [0.15, 0.2) is 0 Å². The zero-order chi connectivity index (χ0) is 24.1. The van der Waals surface area contributed by atoms with Crippen molar-refractivity contribution in [1.82, 2.24) is 9.78 Å². The van der Waals surface area contributed by atoms with Crippen LogP contribution in [0.4, 0.5) is 11.4 Å². The van der Waals surface area contributed by atoms with Crippen molar-refractivity contribution in [3.63, 3.8) is 0 Å². The minimum Gasteiger partial charge on any atom is -0.495 e. The summed E-state index contributed by atoms with van der Waals surface area (Å²) >= 11 is 0. The highest BCUT2D eigenvalue weighted by Crippen LogP contribution is 2.30. The second-order valence-electron chi connectivity index (χ2n) is 7.99. The van der Waals surface area contributed by atoms with Crippen molar-refractivity contribution in [1.29, 1.82) is 0 Å². The van der Waals surface area contributed by atoms with Crippen LogP contribution in [0, 0.1) is 6.92 Å². The molecule has 0 saturated heterocycles. The van der Waals surface area contributed by atoms with Gasteiger partial charge in [-0.15, -0.1) is 0 Å². The second-order valence-corrected chi connectivity index (χ2v) is 7.99. The maximum absolute atomic E-state index is 13.4. The fraction of sp³-hybridized carbons (Fsp3) is 0.148. The number of hydrogen-bond donors (Lipinski definition) is 2. The van der Waals surface area contributed by atoms with Gasteiger partial charge in [0, 0.05) is 24.4 Å². The van der Waals surface area contributed by atoms with Crippen LogP contribution < -0.4 is 15.4 Å². The Morgan fingerprint density at radius 2 is 1.71 bits per heavy atom. The Bertz CT molecular complexity index is 1310. The SMILES string of the molecule is COc1ccc(NC(C)=O)cc1NC(=O)c1cn(Cc2ccccc2)nc1-c1ccc(C)cc1. The van der Waals surface area contributed by atoms with Crippen LogP contribution in [0.5, 0.6) is 5.75 Å². The van der Waals surface area contributed by atoms with Crippen LogP contribution in [0.1, 0.15) is 28.4 Å². The van der Waals surface area contributed by atoms with Gasteiger partial charge in [-0.1, -0.05) is 60.2 Å². The highest BCUT2D eigenvalue weighted by Gasteiger charge is 2.20. The first-order valence-corrected chi connectivity index (χ1v) is 10.9. The summed E-state index contributed by atoms with van der Waals surface area (Å²) in [5, 5.41) is 10.4. The van der Waals surface area contributed by atoms with Gasteiger partial charge in [0.2, 0.25) is 5.91 Å². The smallest absolute Gasteiger partial charge is 0.259 e. The molecule has 0 spiro atoms. The number of aryl methyl sites for hydroxylation is 1. The van der Waals surface area contributed by atoms with Crippen molar-refractivity contribution in [2.75, 3.05) is 17.7 Å². The number of hydrogen-bond acceptors (Lipinski definition) is 4. The molecule has 1 aromatic heterocycles. The first kappa shape index (κ1) is 22.8. The zero-order valence-corrected chi connectivity index (χ0v) is 19.3. The van der Waals surface area contributed by atoms with E-state index >= 15 is 0 Å². The van der Waals surface area contributed by atoms with Crippen LogP contribution in [0.15, 0.2) is 79.0 Å². The lowest BCUT2D eigenvalue weighted by Crippen LogP contribution is -2.14. The molecule has 172 valence electrons. The predicted octanol–water partition coefficient (Wildman–Crippen LogP) is 5.13. The number of carbonyl (C=O) groups excluding carboxylic acids is 2. The van der Waals surface area contributed by atoms with Crippen LogP contribution >= 0.6 is 0 Å². The molecule has 0 atom stereocenters. The van der Waals surface area contributed by atoms with Crippen LogP contribution in [0.25, 0.3) is 11.3 Å². The van der Waals surface area contributed by atoms with E-state index in [2.05, 4.69) is 10.6 Å². The molecule has 2 N–H and O–H groups in total. The third kappa shape index (κ3) is 5.32. The average Bonchev–Trinajstić information content (AvgIpc) is 3.24. The number of carbonyl (C=O) groups is 2. The number of nitrogens with one attached hydrogen (secondary N) is 2. The van der Waals surface area contributed by atoms with Gasteiger partial charge >= 0.3 is 0 Å². The van der Waals surface area contributed by atoms with E-state index in [1.807, 2.05) is 61.5 Å². The Balaban J connectivity index is 1.70. The quantitative estimate of drug-likeness (QED) is 0.406. The molecule has 4 rings (SSSR count). The van der Waals surface area contributed by atoms with E-state index in [0.29, 0.717) is 34.9 Å². The summed E-state index contributed by atoms with van der Waals surface area (Å²) in [5.74, 6) is -0.0459. The van der Waals surface area contributed by atoms with Gasteiger partial charge < -0.3 is 15.4 Å². The topological polar surface area (TPSA) is 85.3 Å². The molecule has 1 heterocycles. The van der Waals surface area contributed by atoms with Crippen molar-refractivity contribution >= 4 is 23.2 Å². The molecule has 4 aromatic rings. The Labute approximate surface area is 198 Å². The normalized spacial score (nSPS) is 10.6. The maximum atomic E-state index is 13.4. The van der Waals surface area contributed by atoms with Gasteiger partial charge in [-0.05, 0) is 30.7 Å². The predicted molar refractivity (Wildman–Crippen MR) is 133 cm³/mol.